The molecule has 0 fully saturated rings. The number of hydrogen-bond donors (Lipinski definition) is 4. The van der Waals surface area contributed by atoms with Crippen molar-refractivity contribution >= 4 is 56.3 Å². The molecule has 0 unspecified atom stereocenters. The number of nitrogens with two attached hydrogens (primary N) is 2. The van der Waals surface area contributed by atoms with Gasteiger partial charge in [0.25, 0.3) is 11.8 Å². The van der Waals surface area contributed by atoms with Crippen LogP contribution in [0.4, 0.5) is 10.0 Å². The number of carbonyl (C=O) groups excluding carboxylic acids is 4. The van der Waals surface area contributed by atoms with Gasteiger partial charge in [0.15, 0.2) is 0 Å². The van der Waals surface area contributed by atoms with Crippen molar-refractivity contribution in [2.45, 2.75) is 109 Å². The maximum atomic E-state index is 12.5. The van der Waals surface area contributed by atoms with Crippen LogP contribution < -0.4 is 22.1 Å². The predicted molar refractivity (Wildman–Crippen MR) is 158 cm³/mol. The molecule has 6 N–H and O–H groups in total. The summed E-state index contributed by atoms with van der Waals surface area (Å²) >= 11 is 3.00. The number of hydrogen-bond acceptors (Lipinski definition) is 6. The molecule has 0 atom stereocenters. The van der Waals surface area contributed by atoms with Gasteiger partial charge in [0.2, 0.25) is 11.8 Å². The molecule has 0 bridgehead atoms. The summed E-state index contributed by atoms with van der Waals surface area (Å²) in [5, 5.41) is 7.08. The smallest absolute Gasteiger partial charge is 0.251 e. The van der Waals surface area contributed by atoms with E-state index in [0.29, 0.717) is 34.0 Å². The van der Waals surface area contributed by atoms with Gasteiger partial charge in [0.05, 0.1) is 11.1 Å². The lowest BCUT2D eigenvalue weighted by Crippen LogP contribution is -2.18. The highest BCUT2D eigenvalue weighted by molar-refractivity contribution is 7.17. The van der Waals surface area contributed by atoms with E-state index in [1.807, 2.05) is 0 Å². The summed E-state index contributed by atoms with van der Waals surface area (Å²) in [6, 6.07) is 0. The van der Waals surface area contributed by atoms with E-state index in [4.69, 9.17) is 11.5 Å². The maximum Gasteiger partial charge on any atom is 0.251 e. The molecule has 2 aromatic rings. The molecule has 0 saturated heterocycles. The Hall–Kier alpha value is -2.72. The van der Waals surface area contributed by atoms with Crippen LogP contribution in [0.5, 0.6) is 0 Å². The van der Waals surface area contributed by atoms with Crippen molar-refractivity contribution in [1.29, 1.82) is 0 Å². The zero-order valence-corrected chi connectivity index (χ0v) is 24.3. The SMILES string of the molecule is NC(=O)c1c(NC(=O)CCCCCCCC(=O)Nc2sc3c(c2C(N)=O)CCCCC3)sc2c1CCCCC2. The van der Waals surface area contributed by atoms with Crippen LogP contribution in [-0.4, -0.2) is 23.6 Å². The van der Waals surface area contributed by atoms with Gasteiger partial charge in [-0.05, 0) is 75.3 Å². The fourth-order valence-electron chi connectivity index (χ4n) is 5.66. The van der Waals surface area contributed by atoms with E-state index < -0.39 is 11.8 Å². The lowest BCUT2D eigenvalue weighted by Gasteiger charge is -2.07. The zero-order valence-electron chi connectivity index (χ0n) is 22.6. The van der Waals surface area contributed by atoms with Gasteiger partial charge in [0, 0.05) is 22.6 Å². The summed E-state index contributed by atoms with van der Waals surface area (Å²) in [7, 11) is 0. The standard InChI is InChI=1S/C29H40N4O4S2/c30-26(36)24-18-12-6-4-8-14-20(18)38-28(24)32-22(34)16-10-2-1-3-11-17-23(35)33-29-25(27(31)37)19-13-7-5-9-15-21(19)39-29/h1-17H2,(H2,30,36)(H2,31,37)(H,32,34)(H,33,35). The number of thiophene rings is 2. The third-order valence-corrected chi connectivity index (χ3v) is 10.1. The number of fused-ring (bicyclic) bond motifs is 2. The van der Waals surface area contributed by atoms with E-state index in [1.54, 1.807) is 0 Å². The zero-order chi connectivity index (χ0) is 27.8. The quantitative estimate of drug-likeness (QED) is 0.187. The second kappa shape index (κ2) is 14.1. The minimum absolute atomic E-state index is 0.0899. The highest BCUT2D eigenvalue weighted by Gasteiger charge is 2.25. The summed E-state index contributed by atoms with van der Waals surface area (Å²) in [5.74, 6) is -1.11. The second-order valence-electron chi connectivity index (χ2n) is 10.6. The molecule has 0 saturated carbocycles. The summed E-state index contributed by atoms with van der Waals surface area (Å²) in [5.41, 5.74) is 14.4. The van der Waals surface area contributed by atoms with Gasteiger partial charge in [-0.1, -0.05) is 32.1 Å². The van der Waals surface area contributed by atoms with Crippen LogP contribution in [0, 0.1) is 0 Å². The van der Waals surface area contributed by atoms with Crippen LogP contribution in [0.15, 0.2) is 0 Å². The van der Waals surface area contributed by atoms with Crippen molar-refractivity contribution < 1.29 is 19.2 Å². The molecule has 2 aromatic heterocycles. The largest absolute Gasteiger partial charge is 0.365 e. The van der Waals surface area contributed by atoms with Gasteiger partial charge >= 0.3 is 0 Å². The van der Waals surface area contributed by atoms with Gasteiger partial charge in [-0.25, -0.2) is 0 Å². The van der Waals surface area contributed by atoms with Crippen molar-refractivity contribution in [3.63, 3.8) is 0 Å². The summed E-state index contributed by atoms with van der Waals surface area (Å²) in [6.45, 7) is 0. The van der Waals surface area contributed by atoms with E-state index in [1.165, 1.54) is 32.4 Å². The van der Waals surface area contributed by atoms with Crippen molar-refractivity contribution in [2.75, 3.05) is 10.6 Å². The lowest BCUT2D eigenvalue weighted by molar-refractivity contribution is -0.117. The first-order valence-corrected chi connectivity index (χ1v) is 16.0. The van der Waals surface area contributed by atoms with Gasteiger partial charge in [-0.3, -0.25) is 19.2 Å². The highest BCUT2D eigenvalue weighted by Crippen LogP contribution is 2.38. The average Bonchev–Trinajstić information content (AvgIpc) is 3.17. The molecule has 2 heterocycles. The molecule has 4 amide bonds. The fraction of sp³-hybridized carbons (Fsp3) is 0.586. The Kier molecular flexibility index (Phi) is 10.6. The van der Waals surface area contributed by atoms with Crippen LogP contribution in [0.3, 0.4) is 0 Å². The number of rotatable bonds is 12. The summed E-state index contributed by atoms with van der Waals surface area (Å²) in [6.07, 6.45) is 15.2. The normalized spacial score (nSPS) is 15.0. The summed E-state index contributed by atoms with van der Waals surface area (Å²) in [4.78, 5) is 51.6. The Balaban J connectivity index is 1.15. The monoisotopic (exact) mass is 572 g/mol. The van der Waals surface area contributed by atoms with Gasteiger partial charge < -0.3 is 22.1 Å². The Morgan fingerprint density at radius 2 is 0.949 bits per heavy atom. The number of primary amides is 2. The van der Waals surface area contributed by atoms with Crippen LogP contribution in [0.25, 0.3) is 0 Å². The molecule has 0 aromatic carbocycles. The van der Waals surface area contributed by atoms with Crippen LogP contribution in [0.1, 0.15) is 125 Å². The molecule has 212 valence electrons. The Labute approximate surface area is 238 Å². The molecule has 8 nitrogen and oxygen atoms in total. The summed E-state index contributed by atoms with van der Waals surface area (Å²) < 4.78 is 0. The second-order valence-corrected chi connectivity index (χ2v) is 12.8. The number of aryl methyl sites for hydroxylation is 2. The van der Waals surface area contributed by atoms with E-state index in [-0.39, 0.29) is 11.8 Å². The van der Waals surface area contributed by atoms with Gasteiger partial charge in [0.1, 0.15) is 10.0 Å². The Morgan fingerprint density at radius 1 is 0.564 bits per heavy atom. The minimum atomic E-state index is -0.464. The number of anilines is 2. The first-order valence-electron chi connectivity index (χ1n) is 14.3. The van der Waals surface area contributed by atoms with Crippen LogP contribution in [0.2, 0.25) is 0 Å². The third-order valence-electron chi connectivity index (χ3n) is 7.65. The molecule has 0 aliphatic heterocycles. The first-order chi connectivity index (χ1) is 18.8. The molecule has 2 aliphatic carbocycles. The van der Waals surface area contributed by atoms with Gasteiger partial charge in [-0.15, -0.1) is 22.7 Å². The molecular formula is C29H40N4O4S2. The minimum Gasteiger partial charge on any atom is -0.365 e. The van der Waals surface area contributed by atoms with E-state index >= 15 is 0 Å². The first kappa shape index (κ1) is 29.3. The van der Waals surface area contributed by atoms with E-state index in [9.17, 15) is 19.2 Å². The topological polar surface area (TPSA) is 144 Å². The third kappa shape index (κ3) is 7.69. The van der Waals surface area contributed by atoms with Crippen molar-refractivity contribution in [3.05, 3.63) is 32.0 Å². The molecule has 39 heavy (non-hydrogen) atoms. The Morgan fingerprint density at radius 3 is 1.36 bits per heavy atom. The number of carbonyl (C=O) groups is 4. The number of nitrogens with one attached hydrogen (secondary N) is 2. The maximum absolute atomic E-state index is 12.5. The lowest BCUT2D eigenvalue weighted by atomic mass is 10.0. The van der Waals surface area contributed by atoms with Crippen molar-refractivity contribution in [1.82, 2.24) is 0 Å². The van der Waals surface area contributed by atoms with E-state index in [0.717, 1.165) is 107 Å². The molecule has 10 heteroatoms. The molecule has 0 radical (unpaired) electrons. The van der Waals surface area contributed by atoms with Crippen LogP contribution >= 0.6 is 22.7 Å². The molecule has 0 spiro atoms. The molecular weight excluding hydrogens is 532 g/mol. The molecule has 4 rings (SSSR count). The van der Waals surface area contributed by atoms with Crippen LogP contribution in [-0.2, 0) is 35.3 Å². The van der Waals surface area contributed by atoms with Crippen molar-refractivity contribution in [3.8, 4) is 0 Å². The number of amides is 4. The van der Waals surface area contributed by atoms with E-state index in [2.05, 4.69) is 10.6 Å². The predicted octanol–water partition coefficient (Wildman–Crippen LogP) is 5.85. The fourth-order valence-corrected chi connectivity index (χ4v) is 8.28. The van der Waals surface area contributed by atoms with Gasteiger partial charge in [-0.2, -0.15) is 0 Å². The highest BCUT2D eigenvalue weighted by atomic mass is 32.1. The average molecular weight is 573 g/mol. The Bertz CT molecular complexity index is 1120. The number of unbranched alkanes of at least 4 members (excludes halogenated alkanes) is 4. The van der Waals surface area contributed by atoms with Crippen molar-refractivity contribution in [2.24, 2.45) is 11.5 Å². The molecule has 2 aliphatic rings.